The van der Waals surface area contributed by atoms with Crippen LogP contribution in [-0.4, -0.2) is 41.1 Å². The number of carbonyl (C=O) groups excluding carboxylic acids is 1. The van der Waals surface area contributed by atoms with Crippen LogP contribution in [0.1, 0.15) is 50.4 Å². The molecule has 3 rings (SSSR count). The minimum absolute atomic E-state index is 0.0159. The molecule has 1 aliphatic heterocycles. The monoisotopic (exact) mass is 331 g/mol. The Hall–Kier alpha value is -2.04. The predicted molar refractivity (Wildman–Crippen MR) is 90.1 cm³/mol. The molecule has 2 atom stereocenters. The molecule has 1 heterocycles. The summed E-state index contributed by atoms with van der Waals surface area (Å²) in [4.78, 5) is 25.6. The summed E-state index contributed by atoms with van der Waals surface area (Å²) in [6.45, 7) is 7.23. The molecule has 5 heteroatoms. The van der Waals surface area contributed by atoms with E-state index in [9.17, 15) is 9.59 Å². The first-order chi connectivity index (χ1) is 11.2. The summed E-state index contributed by atoms with van der Waals surface area (Å²) >= 11 is 0. The van der Waals surface area contributed by atoms with E-state index in [2.05, 4.69) is 20.8 Å². The number of hydrogen-bond donors (Lipinski definition) is 1. The second-order valence-electron chi connectivity index (χ2n) is 8.36. The molecule has 0 spiro atoms. The molecule has 5 nitrogen and oxygen atoms in total. The topological polar surface area (TPSA) is 66.8 Å². The molecule has 0 aromatic heterocycles. The molecule has 1 aromatic carbocycles. The Balaban J connectivity index is 1.78. The fourth-order valence-corrected chi connectivity index (χ4v) is 4.73. The number of carboxylic acid groups (broad SMARTS) is 1. The second-order valence-corrected chi connectivity index (χ2v) is 8.36. The van der Waals surface area contributed by atoms with Gasteiger partial charge >= 0.3 is 5.97 Å². The van der Waals surface area contributed by atoms with Crippen molar-refractivity contribution in [3.05, 3.63) is 29.8 Å². The molecule has 1 N–H and O–H groups in total. The maximum Gasteiger partial charge on any atom is 0.341 e. The van der Waals surface area contributed by atoms with E-state index < -0.39 is 12.6 Å². The molecule has 0 radical (unpaired) electrons. The first-order valence-corrected chi connectivity index (χ1v) is 8.43. The van der Waals surface area contributed by atoms with E-state index >= 15 is 0 Å². The van der Waals surface area contributed by atoms with Gasteiger partial charge in [0.25, 0.3) is 5.91 Å². The van der Waals surface area contributed by atoms with Crippen molar-refractivity contribution < 1.29 is 19.4 Å². The fourth-order valence-electron chi connectivity index (χ4n) is 4.73. The first-order valence-electron chi connectivity index (χ1n) is 8.43. The lowest BCUT2D eigenvalue weighted by Gasteiger charge is -2.39. The van der Waals surface area contributed by atoms with Crippen LogP contribution in [0.15, 0.2) is 24.3 Å². The van der Waals surface area contributed by atoms with Crippen molar-refractivity contribution in [2.45, 2.75) is 46.1 Å². The maximum atomic E-state index is 13.0. The van der Waals surface area contributed by atoms with Crippen LogP contribution in [0.4, 0.5) is 0 Å². The maximum absolute atomic E-state index is 13.0. The zero-order valence-electron chi connectivity index (χ0n) is 14.5. The van der Waals surface area contributed by atoms with Crippen LogP contribution < -0.4 is 4.74 Å². The van der Waals surface area contributed by atoms with Gasteiger partial charge in [-0.25, -0.2) is 4.79 Å². The van der Waals surface area contributed by atoms with E-state index in [4.69, 9.17) is 9.84 Å². The van der Waals surface area contributed by atoms with E-state index in [-0.39, 0.29) is 22.8 Å². The van der Waals surface area contributed by atoms with Crippen molar-refractivity contribution in [2.75, 3.05) is 13.2 Å². The highest BCUT2D eigenvalue weighted by Crippen LogP contribution is 2.52. The Labute approximate surface area is 142 Å². The molecule has 1 aliphatic carbocycles. The zero-order valence-corrected chi connectivity index (χ0v) is 14.5. The Kier molecular flexibility index (Phi) is 4.06. The molecular formula is C19H25NO4. The molecule has 1 saturated carbocycles. The van der Waals surface area contributed by atoms with Gasteiger partial charge in [0, 0.05) is 18.2 Å². The number of amides is 1. The van der Waals surface area contributed by atoms with E-state index in [1.807, 2.05) is 4.90 Å². The van der Waals surface area contributed by atoms with Crippen molar-refractivity contribution in [1.29, 1.82) is 0 Å². The summed E-state index contributed by atoms with van der Waals surface area (Å²) in [6, 6.07) is 7.10. The molecule has 1 saturated heterocycles. The Bertz CT molecular complexity index is 669. The fraction of sp³-hybridized carbons (Fsp3) is 0.579. The summed E-state index contributed by atoms with van der Waals surface area (Å²) in [5.41, 5.74) is 1.02. The number of hydrogen-bond acceptors (Lipinski definition) is 3. The van der Waals surface area contributed by atoms with Gasteiger partial charge in [-0.05, 0) is 48.3 Å². The molecule has 1 aromatic rings. The Morgan fingerprint density at radius 3 is 2.75 bits per heavy atom. The van der Waals surface area contributed by atoms with Crippen LogP contribution in [-0.2, 0) is 4.79 Å². The molecule has 2 unspecified atom stereocenters. The van der Waals surface area contributed by atoms with Gasteiger partial charge in [0.15, 0.2) is 6.61 Å². The lowest BCUT2D eigenvalue weighted by Crippen LogP contribution is -2.37. The average molecular weight is 331 g/mol. The highest BCUT2D eigenvalue weighted by Gasteiger charge is 2.51. The zero-order chi connectivity index (χ0) is 17.5. The van der Waals surface area contributed by atoms with Crippen LogP contribution in [0.3, 0.4) is 0 Å². The SMILES string of the molecule is CC1(C)CC2CC(C)(CN2C(=O)c2cccc(OCC(=O)O)c2)C1. The summed E-state index contributed by atoms with van der Waals surface area (Å²) < 4.78 is 5.19. The van der Waals surface area contributed by atoms with Gasteiger partial charge in [0.05, 0.1) is 0 Å². The third-order valence-electron chi connectivity index (χ3n) is 5.12. The smallest absolute Gasteiger partial charge is 0.341 e. The number of fused-ring (bicyclic) bond motifs is 2. The van der Waals surface area contributed by atoms with Gasteiger partial charge in [-0.15, -0.1) is 0 Å². The Morgan fingerprint density at radius 2 is 2.04 bits per heavy atom. The summed E-state index contributed by atoms with van der Waals surface area (Å²) in [7, 11) is 0. The second kappa shape index (κ2) is 5.80. The molecule has 2 fully saturated rings. The molecule has 1 amide bonds. The third-order valence-corrected chi connectivity index (χ3v) is 5.12. The van der Waals surface area contributed by atoms with Crippen molar-refractivity contribution in [2.24, 2.45) is 10.8 Å². The van der Waals surface area contributed by atoms with E-state index in [0.29, 0.717) is 11.3 Å². The van der Waals surface area contributed by atoms with Crippen LogP contribution in [0.25, 0.3) is 0 Å². The van der Waals surface area contributed by atoms with Crippen molar-refractivity contribution in [3.63, 3.8) is 0 Å². The number of benzene rings is 1. The number of rotatable bonds is 4. The van der Waals surface area contributed by atoms with Crippen LogP contribution in [0.2, 0.25) is 0 Å². The lowest BCUT2D eigenvalue weighted by molar-refractivity contribution is -0.139. The number of likely N-dealkylation sites (tertiary alicyclic amines) is 1. The van der Waals surface area contributed by atoms with Crippen LogP contribution in [0.5, 0.6) is 5.75 Å². The Morgan fingerprint density at radius 1 is 1.29 bits per heavy atom. The normalized spacial score (nSPS) is 27.8. The van der Waals surface area contributed by atoms with E-state index in [0.717, 1.165) is 25.8 Å². The highest BCUT2D eigenvalue weighted by molar-refractivity contribution is 5.95. The van der Waals surface area contributed by atoms with Crippen molar-refractivity contribution >= 4 is 11.9 Å². The summed E-state index contributed by atoms with van der Waals surface area (Å²) in [5.74, 6) is -0.602. The van der Waals surface area contributed by atoms with Crippen molar-refractivity contribution in [1.82, 2.24) is 4.90 Å². The first kappa shape index (κ1) is 16.8. The molecule has 2 bridgehead atoms. The van der Waals surface area contributed by atoms with E-state index in [1.54, 1.807) is 24.3 Å². The minimum atomic E-state index is -1.03. The standard InChI is InChI=1S/C19H25NO4/c1-18(2)8-14-9-19(3,11-18)12-20(14)17(23)13-5-4-6-15(7-13)24-10-16(21)22/h4-7,14H,8-12H2,1-3H3,(H,21,22). The van der Waals surface area contributed by atoms with Gasteiger partial charge in [-0.1, -0.05) is 26.8 Å². The quantitative estimate of drug-likeness (QED) is 0.920. The molecular weight excluding hydrogens is 306 g/mol. The summed E-state index contributed by atoms with van der Waals surface area (Å²) in [5, 5.41) is 8.71. The van der Waals surface area contributed by atoms with Gasteiger partial charge in [0.1, 0.15) is 5.75 Å². The van der Waals surface area contributed by atoms with Crippen molar-refractivity contribution in [3.8, 4) is 5.75 Å². The van der Waals surface area contributed by atoms with E-state index in [1.165, 1.54) is 0 Å². The molecule has 24 heavy (non-hydrogen) atoms. The number of aliphatic carboxylic acids is 1. The predicted octanol–water partition coefficient (Wildman–Crippen LogP) is 3.19. The lowest BCUT2D eigenvalue weighted by atomic mass is 9.65. The van der Waals surface area contributed by atoms with Crippen LogP contribution in [0, 0.1) is 10.8 Å². The van der Waals surface area contributed by atoms with Gasteiger partial charge in [0.2, 0.25) is 0 Å². The molecule has 130 valence electrons. The number of ether oxygens (including phenoxy) is 1. The van der Waals surface area contributed by atoms with Gasteiger partial charge < -0.3 is 14.7 Å². The number of nitrogens with zero attached hydrogens (tertiary/aromatic N) is 1. The van der Waals surface area contributed by atoms with Crippen LogP contribution >= 0.6 is 0 Å². The largest absolute Gasteiger partial charge is 0.482 e. The minimum Gasteiger partial charge on any atom is -0.482 e. The summed E-state index contributed by atoms with van der Waals surface area (Å²) in [6.07, 6.45) is 3.24. The molecule has 2 aliphatic rings. The van der Waals surface area contributed by atoms with Gasteiger partial charge in [-0.2, -0.15) is 0 Å². The van der Waals surface area contributed by atoms with Gasteiger partial charge in [-0.3, -0.25) is 4.79 Å². The number of carboxylic acids is 1. The third kappa shape index (κ3) is 3.40. The number of carbonyl (C=O) groups is 2. The highest BCUT2D eigenvalue weighted by atomic mass is 16.5. The average Bonchev–Trinajstić information content (AvgIpc) is 2.73.